The monoisotopic (exact) mass is 212 g/mol. The molecule has 0 saturated carbocycles. The molecule has 3 rings (SSSR count). The summed E-state index contributed by atoms with van der Waals surface area (Å²) in [5, 5.41) is 0. The Morgan fingerprint density at radius 3 is 1.31 bits per heavy atom. The van der Waals surface area contributed by atoms with E-state index in [9.17, 15) is 0 Å². The Balaban J connectivity index is 2.09. The first-order valence-corrected chi connectivity index (χ1v) is 4.90. The minimum absolute atomic E-state index is 0.0347. The van der Waals surface area contributed by atoms with Gasteiger partial charge in [0.25, 0.3) is 0 Å². The molecule has 0 amide bonds. The highest BCUT2D eigenvalue weighted by Crippen LogP contribution is 1.85. The average Bonchev–Trinajstić information content (AvgIpc) is 3.02. The summed E-state index contributed by atoms with van der Waals surface area (Å²) in [6.07, 6.45) is 10.4. The Kier molecular flexibility index (Phi) is 2.07. The number of hydrogen-bond acceptors (Lipinski definition) is 3. The first kappa shape index (κ1) is 8.96. The van der Waals surface area contributed by atoms with Crippen LogP contribution in [-0.2, 0) is 0 Å². The fourth-order valence-electron chi connectivity index (χ4n) is 1.78. The molecule has 0 unspecified atom stereocenters. The predicted molar refractivity (Wildman–Crippen MR) is 60.4 cm³/mol. The van der Waals surface area contributed by atoms with Gasteiger partial charge in [0, 0.05) is 25.3 Å². The Hall–Kier alpha value is -2.31. The van der Waals surface area contributed by atoms with Crippen LogP contribution in [0.5, 0.6) is 0 Å². The van der Waals surface area contributed by atoms with E-state index >= 15 is 0 Å². The maximum absolute atomic E-state index is 4.04. The molecule has 3 N–H and O–H groups in total. The molecule has 3 heterocycles. The Morgan fingerprint density at radius 2 is 1.06 bits per heavy atom. The molecule has 6 nitrogen and oxygen atoms in total. The molecule has 0 aliphatic carbocycles. The maximum Gasteiger partial charge on any atom is 0.0888 e. The standard InChI is InChI=1S/C9H9BN6/c1-7(14-4-11-1)10(8-2-12-5-15-8)9-3-13-6-16-9/h1-6H,(H,11,14)(H,12,15)(H,13,16)/q-1. The molecule has 79 valence electrons. The van der Waals surface area contributed by atoms with E-state index in [-0.39, 0.29) is 6.71 Å². The molecule has 0 spiro atoms. The number of nitrogens with zero attached hydrogens (tertiary/aromatic N) is 3. The van der Waals surface area contributed by atoms with Gasteiger partial charge in [-0.1, -0.05) is 0 Å². The fraction of sp³-hybridized carbons (Fsp3) is 0. The summed E-state index contributed by atoms with van der Waals surface area (Å²) < 4.78 is 0. The van der Waals surface area contributed by atoms with Crippen molar-refractivity contribution in [3.05, 3.63) is 37.6 Å². The SMILES string of the molecule is c1ncc([B-](c2cnc[nH]2)c2cnc[nH]2)[nH]1. The minimum atomic E-state index is 0.0347. The summed E-state index contributed by atoms with van der Waals surface area (Å²) in [5.74, 6) is 0. The third-order valence-electron chi connectivity index (χ3n) is 2.49. The van der Waals surface area contributed by atoms with E-state index in [1.165, 1.54) is 0 Å². The quantitative estimate of drug-likeness (QED) is 0.455. The molecule has 1 radical (unpaired) electrons. The van der Waals surface area contributed by atoms with E-state index in [2.05, 4.69) is 29.9 Å². The van der Waals surface area contributed by atoms with Gasteiger partial charge < -0.3 is 15.0 Å². The van der Waals surface area contributed by atoms with Gasteiger partial charge >= 0.3 is 0 Å². The predicted octanol–water partition coefficient (Wildman–Crippen LogP) is -1.63. The number of aromatic amines is 3. The second-order valence-electron chi connectivity index (χ2n) is 3.45. The van der Waals surface area contributed by atoms with Gasteiger partial charge in [-0.25, -0.2) is 15.0 Å². The summed E-state index contributed by atoms with van der Waals surface area (Å²) in [5.41, 5.74) is 2.98. The van der Waals surface area contributed by atoms with Crippen molar-refractivity contribution in [3.63, 3.8) is 0 Å². The number of H-pyrrole nitrogens is 3. The van der Waals surface area contributed by atoms with Crippen molar-refractivity contribution in [1.29, 1.82) is 0 Å². The normalized spacial score (nSPS) is 11.1. The molecule has 0 aliphatic heterocycles. The van der Waals surface area contributed by atoms with E-state index in [1.807, 2.05) is 0 Å². The molecular formula is C9H9BN6-. The number of hydrogen-bond donors (Lipinski definition) is 3. The molecule has 0 aromatic carbocycles. The fourth-order valence-corrected chi connectivity index (χ4v) is 1.78. The largest absolute Gasteiger partial charge is 0.389 e. The van der Waals surface area contributed by atoms with E-state index in [4.69, 9.17) is 0 Å². The van der Waals surface area contributed by atoms with Gasteiger partial charge in [-0.2, -0.15) is 16.8 Å². The molecule has 0 aliphatic rings. The van der Waals surface area contributed by atoms with E-state index in [0.29, 0.717) is 0 Å². The van der Waals surface area contributed by atoms with Crippen LogP contribution in [-0.4, -0.2) is 36.6 Å². The zero-order chi connectivity index (χ0) is 10.8. The lowest BCUT2D eigenvalue weighted by atomic mass is 9.43. The summed E-state index contributed by atoms with van der Waals surface area (Å²) >= 11 is 0. The van der Waals surface area contributed by atoms with Crippen molar-refractivity contribution < 1.29 is 0 Å². The van der Waals surface area contributed by atoms with Crippen LogP contribution in [0.3, 0.4) is 0 Å². The second kappa shape index (κ2) is 3.69. The van der Waals surface area contributed by atoms with E-state index in [0.717, 1.165) is 16.8 Å². The molecule has 0 atom stereocenters. The first-order chi connectivity index (χ1) is 7.95. The highest BCUT2D eigenvalue weighted by atomic mass is 14.9. The topological polar surface area (TPSA) is 86.0 Å². The molecule has 0 bridgehead atoms. The van der Waals surface area contributed by atoms with Crippen molar-refractivity contribution in [3.8, 4) is 0 Å². The van der Waals surface area contributed by atoms with E-state index < -0.39 is 0 Å². The highest BCUT2D eigenvalue weighted by Gasteiger charge is 2.09. The summed E-state index contributed by atoms with van der Waals surface area (Å²) in [4.78, 5) is 21.4. The minimum Gasteiger partial charge on any atom is -0.389 e. The summed E-state index contributed by atoms with van der Waals surface area (Å²) in [6.45, 7) is 0.0347. The van der Waals surface area contributed by atoms with Crippen LogP contribution in [0.25, 0.3) is 0 Å². The zero-order valence-corrected chi connectivity index (χ0v) is 8.38. The van der Waals surface area contributed by atoms with Crippen LogP contribution >= 0.6 is 0 Å². The van der Waals surface area contributed by atoms with Crippen LogP contribution in [0.15, 0.2) is 37.6 Å². The molecular weight excluding hydrogens is 203 g/mol. The Bertz CT molecular complexity index is 445. The number of imidazole rings is 3. The zero-order valence-electron chi connectivity index (χ0n) is 8.38. The van der Waals surface area contributed by atoms with Crippen LogP contribution in [0.2, 0.25) is 0 Å². The lowest BCUT2D eigenvalue weighted by Gasteiger charge is -2.22. The average molecular weight is 212 g/mol. The molecule has 3 aromatic heterocycles. The lowest BCUT2D eigenvalue weighted by Crippen LogP contribution is -2.53. The molecule has 7 heteroatoms. The van der Waals surface area contributed by atoms with Crippen molar-refractivity contribution >= 4 is 23.5 Å². The first-order valence-electron chi connectivity index (χ1n) is 4.90. The second-order valence-corrected chi connectivity index (χ2v) is 3.45. The van der Waals surface area contributed by atoms with Gasteiger partial charge in [-0.05, 0) is 0 Å². The van der Waals surface area contributed by atoms with Crippen molar-refractivity contribution in [1.82, 2.24) is 29.9 Å². The van der Waals surface area contributed by atoms with Crippen LogP contribution in [0, 0.1) is 0 Å². The van der Waals surface area contributed by atoms with Gasteiger partial charge in [0.05, 0.1) is 19.0 Å². The molecule has 0 fully saturated rings. The van der Waals surface area contributed by atoms with Gasteiger partial charge in [-0.15, -0.1) is 0 Å². The van der Waals surface area contributed by atoms with Gasteiger partial charge in [0.2, 0.25) is 0 Å². The number of nitrogens with one attached hydrogen (secondary N) is 3. The van der Waals surface area contributed by atoms with Gasteiger partial charge in [-0.3, -0.25) is 0 Å². The van der Waals surface area contributed by atoms with Crippen LogP contribution in [0.1, 0.15) is 0 Å². The summed E-state index contributed by atoms with van der Waals surface area (Å²) in [6, 6.07) is 0. The third kappa shape index (κ3) is 1.42. The maximum atomic E-state index is 4.04. The lowest BCUT2D eigenvalue weighted by molar-refractivity contribution is 1.32. The Labute approximate surface area is 91.7 Å². The summed E-state index contributed by atoms with van der Waals surface area (Å²) in [7, 11) is 0. The van der Waals surface area contributed by atoms with Crippen molar-refractivity contribution in [2.24, 2.45) is 0 Å². The van der Waals surface area contributed by atoms with Gasteiger partial charge in [0.1, 0.15) is 0 Å². The van der Waals surface area contributed by atoms with Gasteiger partial charge in [0.15, 0.2) is 0 Å². The van der Waals surface area contributed by atoms with E-state index in [1.54, 1.807) is 37.6 Å². The molecule has 3 aromatic rings. The van der Waals surface area contributed by atoms with Crippen LogP contribution in [0.4, 0.5) is 0 Å². The Morgan fingerprint density at radius 1 is 0.688 bits per heavy atom. The van der Waals surface area contributed by atoms with Crippen molar-refractivity contribution in [2.75, 3.05) is 0 Å². The third-order valence-corrected chi connectivity index (χ3v) is 2.49. The highest BCUT2D eigenvalue weighted by molar-refractivity contribution is 6.93. The number of rotatable bonds is 3. The van der Waals surface area contributed by atoms with Crippen LogP contribution < -0.4 is 16.8 Å². The molecule has 0 saturated heterocycles. The number of aromatic nitrogens is 6. The van der Waals surface area contributed by atoms with Crippen molar-refractivity contribution in [2.45, 2.75) is 0 Å². The smallest absolute Gasteiger partial charge is 0.0888 e. The molecule has 16 heavy (non-hydrogen) atoms.